The SMILES string of the molecule is O[C@H]1CN(c2cc(Nc3ccc(Cl)cc3)ncn2)CC[C@@H]1N1CCc2ccccc2C1. The Bertz CT molecular complexity index is 1040. The van der Waals surface area contributed by atoms with Gasteiger partial charge in [0.05, 0.1) is 6.10 Å². The lowest BCUT2D eigenvalue weighted by atomic mass is 9.94. The van der Waals surface area contributed by atoms with Gasteiger partial charge in [-0.1, -0.05) is 35.9 Å². The molecule has 6 nitrogen and oxygen atoms in total. The van der Waals surface area contributed by atoms with Gasteiger partial charge in [-0.3, -0.25) is 4.90 Å². The first-order chi connectivity index (χ1) is 15.2. The van der Waals surface area contributed by atoms with Gasteiger partial charge in [0.1, 0.15) is 18.0 Å². The Balaban J connectivity index is 1.24. The average Bonchev–Trinajstić information content (AvgIpc) is 2.80. The van der Waals surface area contributed by atoms with E-state index >= 15 is 0 Å². The van der Waals surface area contributed by atoms with E-state index in [-0.39, 0.29) is 6.04 Å². The number of nitrogens with zero attached hydrogens (tertiary/aromatic N) is 4. The minimum atomic E-state index is -0.415. The highest BCUT2D eigenvalue weighted by atomic mass is 35.5. The smallest absolute Gasteiger partial charge is 0.135 e. The minimum Gasteiger partial charge on any atom is -0.390 e. The van der Waals surface area contributed by atoms with Gasteiger partial charge in [0.2, 0.25) is 0 Å². The molecule has 3 aromatic rings. The summed E-state index contributed by atoms with van der Waals surface area (Å²) in [7, 11) is 0. The van der Waals surface area contributed by atoms with Gasteiger partial charge >= 0.3 is 0 Å². The molecule has 0 spiro atoms. The number of fused-ring (bicyclic) bond motifs is 1. The molecule has 0 saturated carbocycles. The van der Waals surface area contributed by atoms with Gasteiger partial charge in [0.25, 0.3) is 0 Å². The van der Waals surface area contributed by atoms with Crippen LogP contribution in [0.1, 0.15) is 17.5 Å². The quantitative estimate of drug-likeness (QED) is 0.648. The summed E-state index contributed by atoms with van der Waals surface area (Å²) in [5.41, 5.74) is 3.74. The van der Waals surface area contributed by atoms with Crippen LogP contribution in [0.4, 0.5) is 17.3 Å². The van der Waals surface area contributed by atoms with E-state index < -0.39 is 6.10 Å². The molecule has 0 aliphatic carbocycles. The number of β-amino-alcohol motifs (C(OH)–C–C–N with tert-alkyl or cyclic N) is 1. The first kappa shape index (κ1) is 20.2. The summed E-state index contributed by atoms with van der Waals surface area (Å²) in [5.74, 6) is 1.55. The number of hydrogen-bond donors (Lipinski definition) is 2. The summed E-state index contributed by atoms with van der Waals surface area (Å²) in [5, 5.41) is 15.0. The second-order valence-electron chi connectivity index (χ2n) is 8.25. The third kappa shape index (κ3) is 4.51. The Kier molecular flexibility index (Phi) is 5.76. The third-order valence-corrected chi connectivity index (χ3v) is 6.52. The van der Waals surface area contributed by atoms with Crippen LogP contribution in [0.3, 0.4) is 0 Å². The van der Waals surface area contributed by atoms with Crippen LogP contribution in [0.25, 0.3) is 0 Å². The Hall–Kier alpha value is -2.67. The minimum absolute atomic E-state index is 0.179. The summed E-state index contributed by atoms with van der Waals surface area (Å²) in [6.07, 6.45) is 3.11. The van der Waals surface area contributed by atoms with Gasteiger partial charge in [-0.05, 0) is 48.2 Å². The van der Waals surface area contributed by atoms with Crippen LogP contribution >= 0.6 is 11.6 Å². The monoisotopic (exact) mass is 435 g/mol. The molecule has 2 N–H and O–H groups in total. The molecule has 7 heteroatoms. The van der Waals surface area contributed by atoms with Crippen LogP contribution in [0.5, 0.6) is 0 Å². The maximum absolute atomic E-state index is 11.0. The predicted octanol–water partition coefficient (Wildman–Crippen LogP) is 3.87. The number of nitrogens with one attached hydrogen (secondary N) is 1. The van der Waals surface area contributed by atoms with Crippen LogP contribution < -0.4 is 10.2 Å². The number of aliphatic hydroxyl groups is 1. The molecule has 2 aliphatic rings. The predicted molar refractivity (Wildman–Crippen MR) is 124 cm³/mol. The zero-order valence-corrected chi connectivity index (χ0v) is 18.0. The molecular weight excluding hydrogens is 410 g/mol. The number of hydrogen-bond acceptors (Lipinski definition) is 6. The van der Waals surface area contributed by atoms with E-state index in [9.17, 15) is 5.11 Å². The van der Waals surface area contributed by atoms with E-state index in [0.717, 1.165) is 49.8 Å². The molecule has 0 bridgehead atoms. The first-order valence-corrected chi connectivity index (χ1v) is 11.1. The van der Waals surface area contributed by atoms with E-state index in [1.165, 1.54) is 11.1 Å². The molecule has 160 valence electrons. The fourth-order valence-electron chi connectivity index (χ4n) is 4.62. The summed E-state index contributed by atoms with van der Waals surface area (Å²) in [4.78, 5) is 13.4. The lowest BCUT2D eigenvalue weighted by Crippen LogP contribution is -2.55. The highest BCUT2D eigenvalue weighted by Crippen LogP contribution is 2.28. The molecule has 2 atom stereocenters. The number of anilines is 3. The number of aromatic nitrogens is 2. The van der Waals surface area contributed by atoms with Crippen molar-refractivity contribution in [1.29, 1.82) is 0 Å². The van der Waals surface area contributed by atoms with Crippen LogP contribution in [-0.2, 0) is 13.0 Å². The summed E-state index contributed by atoms with van der Waals surface area (Å²) in [6.45, 7) is 3.35. The van der Waals surface area contributed by atoms with Gasteiger partial charge < -0.3 is 15.3 Å². The molecule has 5 rings (SSSR count). The molecular formula is C24H26ClN5O. The normalized spacial score (nSPS) is 21.5. The number of benzene rings is 2. The molecule has 31 heavy (non-hydrogen) atoms. The van der Waals surface area contributed by atoms with Gasteiger partial charge in [-0.15, -0.1) is 0 Å². The Morgan fingerprint density at radius 1 is 1.00 bits per heavy atom. The van der Waals surface area contributed by atoms with Crippen molar-refractivity contribution in [2.45, 2.75) is 31.5 Å². The van der Waals surface area contributed by atoms with Crippen molar-refractivity contribution < 1.29 is 5.11 Å². The van der Waals surface area contributed by atoms with Crippen molar-refractivity contribution in [3.63, 3.8) is 0 Å². The summed E-state index contributed by atoms with van der Waals surface area (Å²) in [6, 6.07) is 18.3. The molecule has 3 heterocycles. The Labute approximate surface area is 187 Å². The molecule has 1 saturated heterocycles. The van der Waals surface area contributed by atoms with Crippen molar-refractivity contribution in [2.75, 3.05) is 29.9 Å². The third-order valence-electron chi connectivity index (χ3n) is 6.27. The Morgan fingerprint density at radius 3 is 2.61 bits per heavy atom. The van der Waals surface area contributed by atoms with Crippen LogP contribution in [-0.4, -0.2) is 51.8 Å². The number of piperidine rings is 1. The zero-order chi connectivity index (χ0) is 21.2. The van der Waals surface area contributed by atoms with Crippen LogP contribution in [0.2, 0.25) is 5.02 Å². The van der Waals surface area contributed by atoms with Gasteiger partial charge in [0, 0.05) is 49.0 Å². The van der Waals surface area contributed by atoms with Crippen LogP contribution in [0, 0.1) is 0 Å². The molecule has 2 aliphatic heterocycles. The highest BCUT2D eigenvalue weighted by molar-refractivity contribution is 6.30. The van der Waals surface area contributed by atoms with Crippen molar-refractivity contribution in [2.24, 2.45) is 0 Å². The van der Waals surface area contributed by atoms with E-state index in [1.54, 1.807) is 6.33 Å². The van der Waals surface area contributed by atoms with Crippen LogP contribution in [0.15, 0.2) is 60.9 Å². The average molecular weight is 436 g/mol. The molecule has 0 radical (unpaired) electrons. The summed E-state index contributed by atoms with van der Waals surface area (Å²) < 4.78 is 0. The topological polar surface area (TPSA) is 64.5 Å². The zero-order valence-electron chi connectivity index (χ0n) is 17.3. The molecule has 1 aromatic heterocycles. The van der Waals surface area contributed by atoms with E-state index in [1.807, 2.05) is 30.3 Å². The molecule has 0 unspecified atom stereocenters. The number of aliphatic hydroxyl groups excluding tert-OH is 1. The number of rotatable bonds is 4. The fraction of sp³-hybridized carbons (Fsp3) is 0.333. The number of halogens is 1. The first-order valence-electron chi connectivity index (χ1n) is 10.7. The van der Waals surface area contributed by atoms with Gasteiger partial charge in [-0.25, -0.2) is 9.97 Å². The fourth-order valence-corrected chi connectivity index (χ4v) is 4.75. The second-order valence-corrected chi connectivity index (χ2v) is 8.69. The maximum atomic E-state index is 11.0. The van der Waals surface area contributed by atoms with E-state index in [0.29, 0.717) is 11.6 Å². The van der Waals surface area contributed by atoms with Crippen molar-refractivity contribution in [1.82, 2.24) is 14.9 Å². The van der Waals surface area contributed by atoms with Crippen molar-refractivity contribution >= 4 is 28.9 Å². The maximum Gasteiger partial charge on any atom is 0.135 e. The Morgan fingerprint density at radius 2 is 1.81 bits per heavy atom. The largest absolute Gasteiger partial charge is 0.390 e. The van der Waals surface area contributed by atoms with Crippen molar-refractivity contribution in [3.05, 3.63) is 77.1 Å². The summed E-state index contributed by atoms with van der Waals surface area (Å²) >= 11 is 5.96. The van der Waals surface area contributed by atoms with E-state index in [2.05, 4.69) is 49.4 Å². The lowest BCUT2D eigenvalue weighted by Gasteiger charge is -2.43. The molecule has 0 amide bonds. The standard InChI is InChI=1S/C24H26ClN5O/c25-19-5-7-20(8-6-19)28-23-13-24(27-16-26-23)30-12-10-21(22(31)15-30)29-11-9-17-3-1-2-4-18(17)14-29/h1-8,13,16,21-22,31H,9-12,14-15H2,(H,26,27,28)/t21-,22-/m0/s1. The van der Waals surface area contributed by atoms with Gasteiger partial charge in [-0.2, -0.15) is 0 Å². The van der Waals surface area contributed by atoms with Gasteiger partial charge in [0.15, 0.2) is 0 Å². The van der Waals surface area contributed by atoms with E-state index in [4.69, 9.17) is 11.6 Å². The molecule has 2 aromatic carbocycles. The lowest BCUT2D eigenvalue weighted by molar-refractivity contribution is 0.0293. The highest BCUT2D eigenvalue weighted by Gasteiger charge is 2.34. The molecule has 1 fully saturated rings. The second kappa shape index (κ2) is 8.83. The van der Waals surface area contributed by atoms with Crippen molar-refractivity contribution in [3.8, 4) is 0 Å².